The maximum atomic E-state index is 13.9. The summed E-state index contributed by atoms with van der Waals surface area (Å²) in [6, 6.07) is 10.6. The van der Waals surface area contributed by atoms with Crippen molar-refractivity contribution in [2.24, 2.45) is 0 Å². The van der Waals surface area contributed by atoms with E-state index in [0.29, 0.717) is 53.5 Å². The molecule has 0 aromatic heterocycles. The largest absolute Gasteiger partial charge is 0.504 e. The van der Waals surface area contributed by atoms with Crippen molar-refractivity contribution in [1.82, 2.24) is 5.32 Å². The summed E-state index contributed by atoms with van der Waals surface area (Å²) < 4.78 is 27.4. The summed E-state index contributed by atoms with van der Waals surface area (Å²) >= 11 is 0. The van der Waals surface area contributed by atoms with E-state index in [-0.39, 0.29) is 42.8 Å². The molecule has 0 saturated carbocycles. The minimum absolute atomic E-state index is 0.0150. The molecule has 2 N–H and O–H groups in total. The van der Waals surface area contributed by atoms with Crippen molar-refractivity contribution in [3.63, 3.8) is 0 Å². The summed E-state index contributed by atoms with van der Waals surface area (Å²) in [5.74, 6) is 0.113. The average Bonchev–Trinajstić information content (AvgIpc) is 2.95. The number of rotatable bonds is 11. The molecule has 214 valence electrons. The molecular weight excluding hydrogens is 514 g/mol. The highest BCUT2D eigenvalue weighted by Crippen LogP contribution is 2.47. The Morgan fingerprint density at radius 1 is 0.950 bits per heavy atom. The van der Waals surface area contributed by atoms with E-state index < -0.39 is 11.9 Å². The lowest BCUT2D eigenvalue weighted by atomic mass is 9.71. The van der Waals surface area contributed by atoms with E-state index in [2.05, 4.69) is 5.32 Å². The number of phenols is 1. The molecule has 0 amide bonds. The number of esters is 1. The van der Waals surface area contributed by atoms with Crippen LogP contribution in [0.3, 0.4) is 0 Å². The van der Waals surface area contributed by atoms with E-state index in [4.69, 9.17) is 23.7 Å². The number of Topliss-reactive ketones (excluding diaryl/α,β-unsaturated/α-hetero) is 1. The van der Waals surface area contributed by atoms with Gasteiger partial charge in [0.15, 0.2) is 28.8 Å². The number of hydrogen-bond donors (Lipinski definition) is 2. The Bertz CT molecular complexity index is 1330. The fraction of sp³-hybridized carbons (Fsp3) is 0.419. The minimum atomic E-state index is -0.686. The quantitative estimate of drug-likeness (QED) is 0.302. The van der Waals surface area contributed by atoms with Crippen LogP contribution in [0.5, 0.6) is 23.0 Å². The first-order chi connectivity index (χ1) is 19.3. The van der Waals surface area contributed by atoms with Crippen LogP contribution in [-0.4, -0.2) is 57.5 Å². The van der Waals surface area contributed by atoms with Crippen LogP contribution in [0.4, 0.5) is 0 Å². The third-order valence-corrected chi connectivity index (χ3v) is 7.21. The fourth-order valence-corrected chi connectivity index (χ4v) is 5.38. The standard InChI is InChI=1S/C31H37NO8/c1-6-38-12-13-40-31(35)28-18(3)32-22-14-21(19-9-11-25(36-4)27(16-19)37-5)15-24(34)30(22)29(28)20-8-10-23(33)26(17-20)39-7-2/h8-11,16-17,21,29,32-33H,6-7,12-15H2,1-5H3. The summed E-state index contributed by atoms with van der Waals surface area (Å²) in [5, 5.41) is 13.7. The number of carbonyl (C=O) groups is 2. The third-order valence-electron chi connectivity index (χ3n) is 7.21. The molecule has 1 heterocycles. The lowest BCUT2D eigenvalue weighted by Gasteiger charge is -2.37. The van der Waals surface area contributed by atoms with Crippen molar-refractivity contribution in [2.45, 2.75) is 45.4 Å². The second-order valence-electron chi connectivity index (χ2n) is 9.62. The average molecular weight is 552 g/mol. The fourth-order valence-electron chi connectivity index (χ4n) is 5.38. The molecule has 2 aliphatic rings. The van der Waals surface area contributed by atoms with E-state index in [1.165, 1.54) is 6.07 Å². The summed E-state index contributed by atoms with van der Waals surface area (Å²) in [7, 11) is 3.17. The molecule has 1 aliphatic carbocycles. The van der Waals surface area contributed by atoms with Crippen LogP contribution in [0.1, 0.15) is 56.6 Å². The second kappa shape index (κ2) is 12.9. The smallest absolute Gasteiger partial charge is 0.336 e. The maximum Gasteiger partial charge on any atom is 0.336 e. The number of phenolic OH excluding ortho intramolecular Hbond substituents is 1. The van der Waals surface area contributed by atoms with Crippen LogP contribution >= 0.6 is 0 Å². The highest BCUT2D eigenvalue weighted by Gasteiger charge is 2.41. The van der Waals surface area contributed by atoms with Crippen molar-refractivity contribution < 1.29 is 38.4 Å². The normalized spacial score (nSPS) is 18.7. The first-order valence-corrected chi connectivity index (χ1v) is 13.5. The third kappa shape index (κ3) is 5.94. The molecular formula is C31H37NO8. The van der Waals surface area contributed by atoms with Crippen molar-refractivity contribution in [3.05, 3.63) is 70.1 Å². The number of hydrogen-bond acceptors (Lipinski definition) is 9. The van der Waals surface area contributed by atoms with Crippen molar-refractivity contribution in [1.29, 1.82) is 0 Å². The van der Waals surface area contributed by atoms with E-state index in [1.54, 1.807) is 26.4 Å². The summed E-state index contributed by atoms with van der Waals surface area (Å²) in [4.78, 5) is 27.3. The van der Waals surface area contributed by atoms with Gasteiger partial charge in [-0.25, -0.2) is 4.79 Å². The highest BCUT2D eigenvalue weighted by atomic mass is 16.6. The van der Waals surface area contributed by atoms with Crippen molar-refractivity contribution >= 4 is 11.8 Å². The van der Waals surface area contributed by atoms with Gasteiger partial charge >= 0.3 is 5.97 Å². The number of carbonyl (C=O) groups excluding carboxylic acids is 2. The molecule has 0 bridgehead atoms. The number of methoxy groups -OCH3 is 2. The Balaban J connectivity index is 1.75. The predicted octanol–water partition coefficient (Wildman–Crippen LogP) is 4.75. The van der Waals surface area contributed by atoms with Gasteiger partial charge in [-0.3, -0.25) is 4.79 Å². The van der Waals surface area contributed by atoms with Gasteiger partial charge in [-0.1, -0.05) is 12.1 Å². The summed E-state index contributed by atoms with van der Waals surface area (Å²) in [6.07, 6.45) is 0.822. The number of dihydropyridines is 1. The van der Waals surface area contributed by atoms with Gasteiger partial charge in [-0.2, -0.15) is 0 Å². The molecule has 0 radical (unpaired) electrons. The van der Waals surface area contributed by atoms with Crippen LogP contribution in [0.2, 0.25) is 0 Å². The van der Waals surface area contributed by atoms with Gasteiger partial charge in [-0.05, 0) is 68.5 Å². The molecule has 2 unspecified atom stereocenters. The Kier molecular flexibility index (Phi) is 9.37. The van der Waals surface area contributed by atoms with Gasteiger partial charge < -0.3 is 34.1 Å². The number of ketones is 1. The van der Waals surface area contributed by atoms with Crippen LogP contribution in [-0.2, 0) is 19.1 Å². The van der Waals surface area contributed by atoms with E-state index >= 15 is 0 Å². The number of allylic oxidation sites excluding steroid dienone is 3. The van der Waals surface area contributed by atoms with Crippen LogP contribution in [0.15, 0.2) is 58.9 Å². The van der Waals surface area contributed by atoms with Gasteiger partial charge in [0.2, 0.25) is 0 Å². The van der Waals surface area contributed by atoms with Crippen LogP contribution in [0, 0.1) is 0 Å². The zero-order chi connectivity index (χ0) is 28.8. The molecule has 2 aromatic carbocycles. The molecule has 9 nitrogen and oxygen atoms in total. The molecule has 0 spiro atoms. The molecule has 40 heavy (non-hydrogen) atoms. The van der Waals surface area contributed by atoms with Gasteiger partial charge in [-0.15, -0.1) is 0 Å². The highest BCUT2D eigenvalue weighted by molar-refractivity contribution is 6.04. The Morgan fingerprint density at radius 3 is 2.38 bits per heavy atom. The zero-order valence-corrected chi connectivity index (χ0v) is 23.7. The Morgan fingerprint density at radius 2 is 1.68 bits per heavy atom. The summed E-state index contributed by atoms with van der Waals surface area (Å²) in [5.41, 5.74) is 3.85. The van der Waals surface area contributed by atoms with Gasteiger partial charge in [0.25, 0.3) is 0 Å². The monoisotopic (exact) mass is 551 g/mol. The minimum Gasteiger partial charge on any atom is -0.504 e. The Labute approximate surface area is 234 Å². The number of aromatic hydroxyl groups is 1. The molecule has 1 aliphatic heterocycles. The second-order valence-corrected chi connectivity index (χ2v) is 9.62. The van der Waals surface area contributed by atoms with E-state index in [9.17, 15) is 14.7 Å². The predicted molar refractivity (Wildman–Crippen MR) is 149 cm³/mol. The molecule has 2 atom stereocenters. The zero-order valence-electron chi connectivity index (χ0n) is 23.7. The maximum absolute atomic E-state index is 13.9. The van der Waals surface area contributed by atoms with Crippen molar-refractivity contribution in [3.8, 4) is 23.0 Å². The lowest BCUT2D eigenvalue weighted by molar-refractivity contribution is -0.140. The van der Waals surface area contributed by atoms with E-state index in [0.717, 1.165) is 11.3 Å². The van der Waals surface area contributed by atoms with Gasteiger partial charge in [0.1, 0.15) is 6.61 Å². The lowest BCUT2D eigenvalue weighted by Crippen LogP contribution is -2.36. The van der Waals surface area contributed by atoms with Crippen molar-refractivity contribution in [2.75, 3.05) is 40.6 Å². The first-order valence-electron chi connectivity index (χ1n) is 13.5. The molecule has 0 saturated heterocycles. The summed E-state index contributed by atoms with van der Waals surface area (Å²) in [6.45, 7) is 6.74. The van der Waals surface area contributed by atoms with E-state index in [1.807, 2.05) is 39.0 Å². The molecule has 2 aromatic rings. The number of benzene rings is 2. The van der Waals surface area contributed by atoms with Crippen LogP contribution in [0.25, 0.3) is 0 Å². The van der Waals surface area contributed by atoms with Gasteiger partial charge in [0, 0.05) is 35.9 Å². The molecule has 9 heteroatoms. The number of ether oxygens (including phenoxy) is 5. The topological polar surface area (TPSA) is 113 Å². The van der Waals surface area contributed by atoms with Gasteiger partial charge in [0.05, 0.1) is 33.0 Å². The molecule has 0 fully saturated rings. The SMILES string of the molecule is CCOCCOC(=O)C1=C(C)NC2=C(C(=O)CC(c3ccc(OC)c(OC)c3)C2)C1c1ccc(O)c(OCC)c1. The Hall–Kier alpha value is -3.98. The first kappa shape index (κ1) is 29.0. The van der Waals surface area contributed by atoms with Crippen LogP contribution < -0.4 is 19.5 Å². The number of nitrogens with one attached hydrogen (secondary N) is 1. The molecule has 4 rings (SSSR count).